The average Bonchev–Trinajstić information content (AvgIpc) is 2.68. The number of hydrogen-bond donors (Lipinski definition) is 3. The Bertz CT molecular complexity index is 920. The van der Waals surface area contributed by atoms with Gasteiger partial charge in [0.25, 0.3) is 0 Å². The molecule has 30 heavy (non-hydrogen) atoms. The third kappa shape index (κ3) is 4.19. The van der Waals surface area contributed by atoms with E-state index in [1.165, 1.54) is 10.4 Å². The lowest BCUT2D eigenvalue weighted by Gasteiger charge is -2.45. The summed E-state index contributed by atoms with van der Waals surface area (Å²) in [5.74, 6) is -0.721. The normalized spacial score (nSPS) is 16.8. The summed E-state index contributed by atoms with van der Waals surface area (Å²) in [7, 11) is -2.13. The molecule has 5 nitrogen and oxygen atoms in total. The van der Waals surface area contributed by atoms with E-state index >= 15 is 0 Å². The number of fused-ring (bicyclic) bond motifs is 2. The maximum Gasteiger partial charge on any atom is 0.303 e. The van der Waals surface area contributed by atoms with Crippen molar-refractivity contribution in [1.82, 2.24) is 0 Å². The summed E-state index contributed by atoms with van der Waals surface area (Å²) in [6.07, 6.45) is 8.74. The van der Waals surface area contributed by atoms with Crippen molar-refractivity contribution in [2.45, 2.75) is 64.5 Å². The molecule has 6 heteroatoms. The van der Waals surface area contributed by atoms with Gasteiger partial charge in [-0.1, -0.05) is 34.1 Å². The number of rotatable bonds is 9. The van der Waals surface area contributed by atoms with Crippen molar-refractivity contribution in [2.75, 3.05) is 11.9 Å². The molecular formula is C24H33N3O2Si. The molecule has 0 unspecified atom stereocenters. The number of carbonyl (C=O) groups is 1. The number of unbranched alkanes of at least 4 members (excludes halogenated alkanes) is 2. The maximum absolute atomic E-state index is 10.6. The van der Waals surface area contributed by atoms with Crippen LogP contribution in [-0.2, 0) is 4.79 Å². The Morgan fingerprint density at radius 1 is 1.13 bits per heavy atom. The van der Waals surface area contributed by atoms with Crippen molar-refractivity contribution < 1.29 is 9.90 Å². The Morgan fingerprint density at radius 2 is 1.87 bits per heavy atom. The third-order valence-electron chi connectivity index (χ3n) is 6.34. The SMILES string of the molecule is CC(C)[Si]1(C(C)C)C2=CC(=N)C=CC2=Nc2ccc(NCCCCCC(=O)O)cc21. The van der Waals surface area contributed by atoms with Gasteiger partial charge >= 0.3 is 5.97 Å². The first-order chi connectivity index (χ1) is 14.3. The van der Waals surface area contributed by atoms with E-state index in [9.17, 15) is 4.79 Å². The molecule has 0 spiro atoms. The lowest BCUT2D eigenvalue weighted by molar-refractivity contribution is -0.137. The number of aliphatic imine (C=N–C) groups is 1. The van der Waals surface area contributed by atoms with Gasteiger partial charge in [0.2, 0.25) is 0 Å². The third-order valence-corrected chi connectivity index (χ3v) is 12.6. The molecule has 160 valence electrons. The van der Waals surface area contributed by atoms with Crippen LogP contribution in [0.1, 0.15) is 53.4 Å². The molecule has 0 aromatic heterocycles. The summed E-state index contributed by atoms with van der Waals surface area (Å²) in [5, 5.41) is 23.2. The van der Waals surface area contributed by atoms with Crippen LogP contribution < -0.4 is 10.5 Å². The summed E-state index contributed by atoms with van der Waals surface area (Å²) < 4.78 is 0. The number of allylic oxidation sites excluding steroid dienone is 4. The molecule has 0 saturated heterocycles. The molecule has 3 rings (SSSR count). The van der Waals surface area contributed by atoms with Gasteiger partial charge in [-0.2, -0.15) is 0 Å². The minimum atomic E-state index is -2.13. The average molecular weight is 424 g/mol. The molecule has 0 atom stereocenters. The number of aliphatic carboxylic acids is 1. The van der Waals surface area contributed by atoms with Gasteiger partial charge in [0.05, 0.1) is 17.1 Å². The fourth-order valence-corrected chi connectivity index (χ4v) is 11.1. The predicted octanol–water partition coefficient (Wildman–Crippen LogP) is 5.36. The molecule has 0 amide bonds. The number of benzene rings is 1. The lowest BCUT2D eigenvalue weighted by Crippen LogP contribution is -2.59. The molecule has 0 radical (unpaired) electrons. The Kier molecular flexibility index (Phi) is 6.76. The second kappa shape index (κ2) is 9.12. The van der Waals surface area contributed by atoms with Gasteiger partial charge in [-0.15, -0.1) is 0 Å². The summed E-state index contributed by atoms with van der Waals surface area (Å²) in [4.78, 5) is 15.6. The molecule has 1 heterocycles. The van der Waals surface area contributed by atoms with Gasteiger partial charge < -0.3 is 15.8 Å². The lowest BCUT2D eigenvalue weighted by atomic mass is 10.1. The minimum absolute atomic E-state index is 0.245. The van der Waals surface area contributed by atoms with Gasteiger partial charge in [0.15, 0.2) is 0 Å². The van der Waals surface area contributed by atoms with Gasteiger partial charge in [-0.3, -0.25) is 4.79 Å². The highest BCUT2D eigenvalue weighted by atomic mass is 28.3. The van der Waals surface area contributed by atoms with E-state index in [4.69, 9.17) is 15.5 Å². The number of carboxylic acid groups (broad SMARTS) is 1. The second-order valence-corrected chi connectivity index (χ2v) is 14.0. The maximum atomic E-state index is 10.6. The topological polar surface area (TPSA) is 85.5 Å². The van der Waals surface area contributed by atoms with Crippen LogP contribution in [0, 0.1) is 5.41 Å². The monoisotopic (exact) mass is 423 g/mol. The predicted molar refractivity (Wildman–Crippen MR) is 129 cm³/mol. The highest BCUT2D eigenvalue weighted by Crippen LogP contribution is 2.44. The van der Waals surface area contributed by atoms with E-state index in [0.717, 1.165) is 42.9 Å². The van der Waals surface area contributed by atoms with Crippen LogP contribution in [0.2, 0.25) is 11.1 Å². The Labute approximate surface area is 180 Å². The van der Waals surface area contributed by atoms with Gasteiger partial charge in [0, 0.05) is 18.7 Å². The van der Waals surface area contributed by atoms with Gasteiger partial charge in [0.1, 0.15) is 8.07 Å². The Hall–Kier alpha value is -2.47. The zero-order valence-corrected chi connectivity index (χ0v) is 19.5. The molecule has 0 fully saturated rings. The van der Waals surface area contributed by atoms with Crippen LogP contribution in [0.3, 0.4) is 0 Å². The standard InChI is InChI=1S/C24H33N3O2Si/c1-16(2)30(17(3)4)22-14-18(25)9-11-20(22)27-21-12-10-19(15-23(21)30)26-13-7-5-6-8-24(28)29/h9-12,14-17,25-26H,5-8,13H2,1-4H3,(H,28,29). The molecule has 1 aliphatic heterocycles. The van der Waals surface area contributed by atoms with Crippen molar-refractivity contribution in [1.29, 1.82) is 5.41 Å². The van der Waals surface area contributed by atoms with E-state index in [0.29, 0.717) is 16.8 Å². The van der Waals surface area contributed by atoms with Crippen molar-refractivity contribution in [3.63, 3.8) is 0 Å². The van der Waals surface area contributed by atoms with E-state index in [1.54, 1.807) is 0 Å². The van der Waals surface area contributed by atoms with Crippen LogP contribution in [-0.4, -0.2) is 37.1 Å². The summed E-state index contributed by atoms with van der Waals surface area (Å²) in [6.45, 7) is 10.1. The molecule has 3 N–H and O–H groups in total. The van der Waals surface area contributed by atoms with Gasteiger partial charge in [-0.05, 0) is 70.7 Å². The first kappa shape index (κ1) is 22.2. The number of nitrogens with one attached hydrogen (secondary N) is 2. The Balaban J connectivity index is 1.90. The largest absolute Gasteiger partial charge is 0.481 e. The van der Waals surface area contributed by atoms with Crippen LogP contribution in [0.15, 0.2) is 46.6 Å². The zero-order chi connectivity index (χ0) is 21.9. The molecular weight excluding hydrogens is 390 g/mol. The molecule has 1 aromatic carbocycles. The quantitative estimate of drug-likeness (QED) is 0.284. The number of hydrogen-bond acceptors (Lipinski definition) is 4. The van der Waals surface area contributed by atoms with Crippen molar-refractivity contribution in [3.05, 3.63) is 41.6 Å². The summed E-state index contributed by atoms with van der Waals surface area (Å²) in [6, 6.07) is 6.53. The minimum Gasteiger partial charge on any atom is -0.481 e. The molecule has 1 aliphatic carbocycles. The van der Waals surface area contributed by atoms with Crippen LogP contribution >= 0.6 is 0 Å². The molecule has 2 aliphatic rings. The first-order valence-electron chi connectivity index (χ1n) is 10.9. The number of anilines is 1. The number of carboxylic acids is 1. The molecule has 0 bridgehead atoms. The van der Waals surface area contributed by atoms with Gasteiger partial charge in [-0.25, -0.2) is 4.99 Å². The van der Waals surface area contributed by atoms with Crippen LogP contribution in [0.4, 0.5) is 11.4 Å². The van der Waals surface area contributed by atoms with E-state index in [1.807, 2.05) is 12.2 Å². The summed E-state index contributed by atoms with van der Waals surface area (Å²) >= 11 is 0. The highest BCUT2D eigenvalue weighted by molar-refractivity contribution is 7.04. The van der Waals surface area contributed by atoms with Crippen LogP contribution in [0.25, 0.3) is 0 Å². The van der Waals surface area contributed by atoms with Crippen molar-refractivity contribution >= 4 is 42.0 Å². The molecule has 0 saturated carbocycles. The fraction of sp³-hybridized carbons (Fsp3) is 0.458. The first-order valence-corrected chi connectivity index (χ1v) is 13.1. The molecule has 1 aromatic rings. The number of nitrogens with zero attached hydrogens (tertiary/aromatic N) is 1. The van der Waals surface area contributed by atoms with E-state index < -0.39 is 14.0 Å². The van der Waals surface area contributed by atoms with Crippen molar-refractivity contribution in [3.8, 4) is 0 Å². The van der Waals surface area contributed by atoms with E-state index in [-0.39, 0.29) is 6.42 Å². The summed E-state index contributed by atoms with van der Waals surface area (Å²) in [5.41, 5.74) is 4.73. The zero-order valence-electron chi connectivity index (χ0n) is 18.5. The highest BCUT2D eigenvalue weighted by Gasteiger charge is 2.50. The van der Waals surface area contributed by atoms with Crippen molar-refractivity contribution in [2.24, 2.45) is 4.99 Å². The van der Waals surface area contributed by atoms with Crippen LogP contribution in [0.5, 0.6) is 0 Å². The second-order valence-electron chi connectivity index (χ2n) is 8.89. The smallest absolute Gasteiger partial charge is 0.303 e. The Morgan fingerprint density at radius 3 is 2.53 bits per heavy atom. The van der Waals surface area contributed by atoms with E-state index in [2.05, 4.69) is 57.3 Å². The fourth-order valence-electron chi connectivity index (χ4n) is 5.04.